The molecule has 1 aromatic carbocycles. The first-order chi connectivity index (χ1) is 9.78. The van der Waals surface area contributed by atoms with Crippen LogP contribution in [0.25, 0.3) is 0 Å². The molecule has 1 heterocycles. The lowest BCUT2D eigenvalue weighted by Gasteiger charge is -2.39. The summed E-state index contributed by atoms with van der Waals surface area (Å²) in [5.41, 5.74) is -2.00. The van der Waals surface area contributed by atoms with E-state index in [4.69, 9.17) is 0 Å². The van der Waals surface area contributed by atoms with E-state index in [1.165, 1.54) is 12.1 Å². The fraction of sp³-hybridized carbons (Fsp3) is 0.625. The Morgan fingerprint density at radius 2 is 1.90 bits per heavy atom. The number of hydrogen-bond acceptors (Lipinski definition) is 2. The largest absolute Gasteiger partial charge is 0.385 e. The van der Waals surface area contributed by atoms with Crippen molar-refractivity contribution in [2.45, 2.75) is 44.6 Å². The highest BCUT2D eigenvalue weighted by molar-refractivity contribution is 5.33. The molecule has 1 aliphatic rings. The Labute approximate surface area is 123 Å². The highest BCUT2D eigenvalue weighted by atomic mass is 19.3. The molecular weight excluding hydrogens is 279 g/mol. The number of piperidine rings is 1. The summed E-state index contributed by atoms with van der Waals surface area (Å²) in [7, 11) is 0. The molecule has 1 fully saturated rings. The summed E-state index contributed by atoms with van der Waals surface area (Å²) in [5, 5.41) is 10.7. The monoisotopic (exact) mass is 301 g/mol. The molecule has 1 saturated heterocycles. The number of nitrogens with zero attached hydrogens (tertiary/aromatic N) is 1. The van der Waals surface area contributed by atoms with Gasteiger partial charge >= 0.3 is 0 Å². The van der Waals surface area contributed by atoms with Crippen LogP contribution in [0, 0.1) is 5.82 Å². The first kappa shape index (κ1) is 16.3. The average molecular weight is 301 g/mol. The van der Waals surface area contributed by atoms with Crippen LogP contribution in [0.5, 0.6) is 0 Å². The van der Waals surface area contributed by atoms with E-state index in [1.807, 2.05) is 0 Å². The molecule has 21 heavy (non-hydrogen) atoms. The Morgan fingerprint density at radius 1 is 1.29 bits per heavy atom. The maximum absolute atomic E-state index is 14.4. The second kappa shape index (κ2) is 5.97. The highest BCUT2D eigenvalue weighted by Gasteiger charge is 2.39. The first-order valence-electron chi connectivity index (χ1n) is 7.40. The average Bonchev–Trinajstić information content (AvgIpc) is 2.40. The zero-order chi connectivity index (χ0) is 15.7. The highest BCUT2D eigenvalue weighted by Crippen LogP contribution is 2.38. The second-order valence-corrected chi connectivity index (χ2v) is 5.93. The van der Waals surface area contributed by atoms with E-state index in [-0.39, 0.29) is 5.56 Å². The summed E-state index contributed by atoms with van der Waals surface area (Å²) in [4.78, 5) is 2.20. The second-order valence-electron chi connectivity index (χ2n) is 5.93. The van der Waals surface area contributed by atoms with Gasteiger partial charge in [0.1, 0.15) is 5.82 Å². The molecule has 0 saturated carbocycles. The third-order valence-corrected chi connectivity index (χ3v) is 4.20. The molecule has 0 unspecified atom stereocenters. The molecule has 118 valence electrons. The summed E-state index contributed by atoms with van der Waals surface area (Å²) < 4.78 is 41.2. The molecule has 0 bridgehead atoms. The summed E-state index contributed by atoms with van der Waals surface area (Å²) in [6.45, 7) is 4.98. The van der Waals surface area contributed by atoms with E-state index in [1.54, 1.807) is 0 Å². The Hall–Kier alpha value is -1.07. The number of aliphatic hydroxyl groups is 1. The van der Waals surface area contributed by atoms with Crippen molar-refractivity contribution in [3.63, 3.8) is 0 Å². The predicted octanol–water partition coefficient (Wildman–Crippen LogP) is 3.63. The number of halogens is 3. The fourth-order valence-corrected chi connectivity index (χ4v) is 2.96. The summed E-state index contributed by atoms with van der Waals surface area (Å²) >= 11 is 0. The van der Waals surface area contributed by atoms with Crippen molar-refractivity contribution in [2.75, 3.05) is 19.6 Å². The van der Waals surface area contributed by atoms with Crippen LogP contribution in [0.3, 0.4) is 0 Å². The maximum atomic E-state index is 14.4. The Bertz CT molecular complexity index is 491. The minimum atomic E-state index is -3.25. The maximum Gasteiger partial charge on any atom is 0.273 e. The minimum absolute atomic E-state index is 0.00215. The van der Waals surface area contributed by atoms with Crippen molar-refractivity contribution in [3.05, 3.63) is 35.1 Å². The minimum Gasteiger partial charge on any atom is -0.385 e. The SMILES string of the molecule is CCCN1CCC(O)(c2cccc(C(C)(F)F)c2F)CC1. The summed E-state index contributed by atoms with van der Waals surface area (Å²) in [6, 6.07) is 3.88. The molecule has 0 spiro atoms. The smallest absolute Gasteiger partial charge is 0.273 e. The predicted molar refractivity (Wildman–Crippen MR) is 75.8 cm³/mol. The van der Waals surface area contributed by atoms with Crippen molar-refractivity contribution < 1.29 is 18.3 Å². The zero-order valence-corrected chi connectivity index (χ0v) is 12.5. The molecule has 1 N–H and O–H groups in total. The molecule has 2 rings (SSSR count). The molecule has 0 radical (unpaired) electrons. The van der Waals surface area contributed by atoms with Crippen molar-refractivity contribution in [3.8, 4) is 0 Å². The van der Waals surface area contributed by atoms with Crippen LogP contribution in [0.2, 0.25) is 0 Å². The van der Waals surface area contributed by atoms with Gasteiger partial charge in [0.15, 0.2) is 0 Å². The molecular formula is C16H22F3NO. The van der Waals surface area contributed by atoms with Crippen molar-refractivity contribution in [2.24, 2.45) is 0 Å². The molecule has 0 aromatic heterocycles. The number of alkyl halides is 2. The van der Waals surface area contributed by atoms with E-state index < -0.39 is 22.9 Å². The van der Waals surface area contributed by atoms with Gasteiger partial charge in [-0.25, -0.2) is 13.2 Å². The Kier molecular flexibility index (Phi) is 4.63. The Balaban J connectivity index is 2.26. The van der Waals surface area contributed by atoms with Gasteiger partial charge in [-0.05, 0) is 25.8 Å². The third kappa shape index (κ3) is 3.40. The lowest BCUT2D eigenvalue weighted by atomic mass is 9.83. The molecule has 0 amide bonds. The molecule has 1 aliphatic heterocycles. The van der Waals surface area contributed by atoms with Gasteiger partial charge in [0.05, 0.1) is 11.2 Å². The molecule has 0 aliphatic carbocycles. The number of likely N-dealkylation sites (tertiary alicyclic amines) is 1. The van der Waals surface area contributed by atoms with Gasteiger partial charge in [0.2, 0.25) is 0 Å². The molecule has 1 aromatic rings. The normalized spacial score (nSPS) is 19.7. The van der Waals surface area contributed by atoms with Gasteiger partial charge in [0, 0.05) is 25.6 Å². The standard InChI is InChI=1S/C16H22F3NO/c1-3-9-20-10-7-16(21,8-11-20)13-6-4-5-12(14(13)17)15(2,18)19/h4-6,21H,3,7-11H2,1-2H3. The van der Waals surface area contributed by atoms with Gasteiger partial charge in [-0.2, -0.15) is 0 Å². The van der Waals surface area contributed by atoms with Gasteiger partial charge in [-0.1, -0.05) is 25.1 Å². The number of hydrogen-bond donors (Lipinski definition) is 1. The molecule has 0 atom stereocenters. The van der Waals surface area contributed by atoms with E-state index in [0.717, 1.165) is 19.0 Å². The Morgan fingerprint density at radius 3 is 2.43 bits per heavy atom. The van der Waals surface area contributed by atoms with Crippen LogP contribution in [0.15, 0.2) is 18.2 Å². The van der Waals surface area contributed by atoms with Crippen molar-refractivity contribution in [1.82, 2.24) is 4.90 Å². The van der Waals surface area contributed by atoms with E-state index >= 15 is 0 Å². The van der Waals surface area contributed by atoms with Crippen LogP contribution in [0.1, 0.15) is 44.2 Å². The van der Waals surface area contributed by atoms with Crippen LogP contribution in [-0.4, -0.2) is 29.6 Å². The van der Waals surface area contributed by atoms with Gasteiger partial charge in [-0.3, -0.25) is 0 Å². The number of rotatable bonds is 4. The first-order valence-corrected chi connectivity index (χ1v) is 7.40. The summed E-state index contributed by atoms with van der Waals surface area (Å²) in [5.74, 6) is -4.23. The van der Waals surface area contributed by atoms with E-state index in [0.29, 0.717) is 32.9 Å². The fourth-order valence-electron chi connectivity index (χ4n) is 2.96. The van der Waals surface area contributed by atoms with Crippen molar-refractivity contribution in [1.29, 1.82) is 0 Å². The van der Waals surface area contributed by atoms with Crippen LogP contribution in [-0.2, 0) is 11.5 Å². The van der Waals surface area contributed by atoms with Gasteiger partial charge < -0.3 is 10.0 Å². The van der Waals surface area contributed by atoms with Crippen LogP contribution >= 0.6 is 0 Å². The van der Waals surface area contributed by atoms with Crippen molar-refractivity contribution >= 4 is 0 Å². The molecule has 2 nitrogen and oxygen atoms in total. The van der Waals surface area contributed by atoms with E-state index in [2.05, 4.69) is 11.8 Å². The quantitative estimate of drug-likeness (QED) is 0.918. The van der Waals surface area contributed by atoms with E-state index in [9.17, 15) is 18.3 Å². The van der Waals surface area contributed by atoms with Gasteiger partial charge in [-0.15, -0.1) is 0 Å². The lowest BCUT2D eigenvalue weighted by Crippen LogP contribution is -2.43. The molecule has 5 heteroatoms. The summed E-state index contributed by atoms with van der Waals surface area (Å²) in [6.07, 6.45) is 1.75. The van der Waals surface area contributed by atoms with Crippen LogP contribution < -0.4 is 0 Å². The zero-order valence-electron chi connectivity index (χ0n) is 12.5. The van der Waals surface area contributed by atoms with Gasteiger partial charge in [0.25, 0.3) is 5.92 Å². The third-order valence-electron chi connectivity index (χ3n) is 4.20. The topological polar surface area (TPSA) is 23.5 Å². The number of benzene rings is 1. The van der Waals surface area contributed by atoms with Crippen LogP contribution in [0.4, 0.5) is 13.2 Å². The lowest BCUT2D eigenvalue weighted by molar-refractivity contribution is -0.0301.